The van der Waals surface area contributed by atoms with Gasteiger partial charge in [-0.3, -0.25) is 0 Å². The van der Waals surface area contributed by atoms with Crippen LogP contribution < -0.4 is 0 Å². The van der Waals surface area contributed by atoms with E-state index in [0.717, 1.165) is 12.8 Å². The summed E-state index contributed by atoms with van der Waals surface area (Å²) in [5, 5.41) is 0. The third-order valence-corrected chi connectivity index (χ3v) is 5.35. The van der Waals surface area contributed by atoms with Crippen molar-refractivity contribution in [3.05, 3.63) is 12.2 Å². The van der Waals surface area contributed by atoms with Crippen LogP contribution in [0.5, 0.6) is 0 Å². The topological polar surface area (TPSA) is 52.6 Å². The molecule has 0 saturated heterocycles. The summed E-state index contributed by atoms with van der Waals surface area (Å²) in [5.74, 6) is 0.491. The Labute approximate surface area is 146 Å². The molecule has 0 unspecified atom stereocenters. The van der Waals surface area contributed by atoms with Gasteiger partial charge in [-0.25, -0.2) is 9.59 Å². The van der Waals surface area contributed by atoms with E-state index in [0.29, 0.717) is 25.0 Å². The van der Waals surface area contributed by atoms with Crippen LogP contribution in [0.1, 0.15) is 77.0 Å². The summed E-state index contributed by atoms with van der Waals surface area (Å²) in [6.45, 7) is 0.898. The Bertz CT molecular complexity index is 366. The smallest absolute Gasteiger partial charge is 0.331 e. The molecule has 0 spiro atoms. The SMILES string of the molecule is O=C(/C=C\C(=O)OCCC1CCCCC1)OCCC1CCCCC1. The molecular formula is C20H32O4. The van der Waals surface area contributed by atoms with Gasteiger partial charge in [0.1, 0.15) is 0 Å². The van der Waals surface area contributed by atoms with Crippen LogP contribution in [-0.2, 0) is 19.1 Å². The number of rotatable bonds is 8. The first-order valence-electron chi connectivity index (χ1n) is 9.75. The van der Waals surface area contributed by atoms with Gasteiger partial charge in [0, 0.05) is 12.2 Å². The maximum Gasteiger partial charge on any atom is 0.331 e. The average Bonchev–Trinajstić information content (AvgIpc) is 2.62. The van der Waals surface area contributed by atoms with E-state index in [2.05, 4.69) is 0 Å². The molecule has 0 aromatic carbocycles. The number of hydrogen-bond donors (Lipinski definition) is 0. The normalized spacial score (nSPS) is 20.2. The van der Waals surface area contributed by atoms with Crippen molar-refractivity contribution >= 4 is 11.9 Å². The number of carbonyl (C=O) groups is 2. The van der Waals surface area contributed by atoms with Crippen LogP contribution in [0, 0.1) is 11.8 Å². The molecule has 2 aliphatic rings. The Balaban J connectivity index is 1.50. The summed E-state index contributed by atoms with van der Waals surface area (Å²) >= 11 is 0. The van der Waals surface area contributed by atoms with Gasteiger partial charge in [-0.15, -0.1) is 0 Å². The van der Waals surface area contributed by atoms with Crippen molar-refractivity contribution in [3.63, 3.8) is 0 Å². The Morgan fingerprint density at radius 3 is 1.42 bits per heavy atom. The lowest BCUT2D eigenvalue weighted by atomic mass is 9.87. The molecule has 2 aliphatic carbocycles. The molecule has 0 bridgehead atoms. The van der Waals surface area contributed by atoms with Gasteiger partial charge in [0.2, 0.25) is 0 Å². The number of esters is 2. The van der Waals surface area contributed by atoms with Gasteiger partial charge in [-0.05, 0) is 24.7 Å². The highest BCUT2D eigenvalue weighted by molar-refractivity contribution is 5.91. The molecule has 0 aromatic rings. The zero-order valence-electron chi connectivity index (χ0n) is 14.8. The minimum atomic E-state index is -0.449. The van der Waals surface area contributed by atoms with Crippen LogP contribution in [0.2, 0.25) is 0 Å². The first-order chi connectivity index (χ1) is 11.7. The van der Waals surface area contributed by atoms with Gasteiger partial charge in [0.25, 0.3) is 0 Å². The summed E-state index contributed by atoms with van der Waals surface area (Å²) in [7, 11) is 0. The van der Waals surface area contributed by atoms with Crippen molar-refractivity contribution in [2.24, 2.45) is 11.8 Å². The van der Waals surface area contributed by atoms with Gasteiger partial charge in [0.05, 0.1) is 13.2 Å². The molecule has 2 saturated carbocycles. The van der Waals surface area contributed by atoms with Gasteiger partial charge < -0.3 is 9.47 Å². The van der Waals surface area contributed by atoms with Crippen LogP contribution in [0.4, 0.5) is 0 Å². The maximum absolute atomic E-state index is 11.6. The van der Waals surface area contributed by atoms with E-state index in [1.807, 2.05) is 0 Å². The molecule has 0 aliphatic heterocycles. The second-order valence-corrected chi connectivity index (χ2v) is 7.25. The molecule has 0 heterocycles. The minimum Gasteiger partial charge on any atom is -0.463 e. The predicted molar refractivity (Wildman–Crippen MR) is 93.4 cm³/mol. The van der Waals surface area contributed by atoms with Crippen molar-refractivity contribution in [1.29, 1.82) is 0 Å². The lowest BCUT2D eigenvalue weighted by Gasteiger charge is -2.21. The summed E-state index contributed by atoms with van der Waals surface area (Å²) in [6, 6.07) is 0. The van der Waals surface area contributed by atoms with E-state index in [1.165, 1.54) is 76.4 Å². The molecule has 4 heteroatoms. The fourth-order valence-electron chi connectivity index (χ4n) is 3.84. The highest BCUT2D eigenvalue weighted by Crippen LogP contribution is 2.26. The van der Waals surface area contributed by atoms with Crippen molar-refractivity contribution in [2.45, 2.75) is 77.0 Å². The first-order valence-corrected chi connectivity index (χ1v) is 9.75. The summed E-state index contributed by atoms with van der Waals surface area (Å²) in [6.07, 6.45) is 17.1. The molecule has 0 amide bonds. The third kappa shape index (κ3) is 7.98. The largest absolute Gasteiger partial charge is 0.463 e. The van der Waals surface area contributed by atoms with E-state index in [4.69, 9.17) is 9.47 Å². The van der Waals surface area contributed by atoms with Crippen molar-refractivity contribution in [1.82, 2.24) is 0 Å². The minimum absolute atomic E-state index is 0.449. The Morgan fingerprint density at radius 1 is 0.667 bits per heavy atom. The van der Waals surface area contributed by atoms with Crippen LogP contribution in [0.3, 0.4) is 0 Å². The van der Waals surface area contributed by atoms with Gasteiger partial charge in [0.15, 0.2) is 0 Å². The molecule has 136 valence electrons. The molecule has 0 N–H and O–H groups in total. The zero-order chi connectivity index (χ0) is 17.0. The monoisotopic (exact) mass is 336 g/mol. The lowest BCUT2D eigenvalue weighted by molar-refractivity contribution is -0.141. The van der Waals surface area contributed by atoms with Crippen LogP contribution >= 0.6 is 0 Å². The van der Waals surface area contributed by atoms with Gasteiger partial charge >= 0.3 is 11.9 Å². The highest BCUT2D eigenvalue weighted by Gasteiger charge is 2.14. The van der Waals surface area contributed by atoms with E-state index in [-0.39, 0.29) is 0 Å². The zero-order valence-corrected chi connectivity index (χ0v) is 14.8. The second-order valence-electron chi connectivity index (χ2n) is 7.25. The standard InChI is InChI=1S/C20H32O4/c21-19(23-15-13-17-7-3-1-4-8-17)11-12-20(22)24-16-14-18-9-5-2-6-10-18/h11-12,17-18H,1-10,13-16H2/b12-11-. The van der Waals surface area contributed by atoms with Crippen molar-refractivity contribution in [3.8, 4) is 0 Å². The van der Waals surface area contributed by atoms with E-state index >= 15 is 0 Å². The molecule has 0 radical (unpaired) electrons. The first kappa shape index (κ1) is 19.0. The Hall–Kier alpha value is -1.32. The molecule has 0 aromatic heterocycles. The summed E-state index contributed by atoms with van der Waals surface area (Å²) < 4.78 is 10.3. The molecule has 24 heavy (non-hydrogen) atoms. The number of carbonyl (C=O) groups excluding carboxylic acids is 2. The molecule has 2 rings (SSSR count). The van der Waals surface area contributed by atoms with E-state index in [9.17, 15) is 9.59 Å². The maximum atomic E-state index is 11.6. The van der Waals surface area contributed by atoms with E-state index in [1.54, 1.807) is 0 Å². The van der Waals surface area contributed by atoms with Crippen molar-refractivity contribution < 1.29 is 19.1 Å². The van der Waals surface area contributed by atoms with Crippen molar-refractivity contribution in [2.75, 3.05) is 13.2 Å². The molecule has 0 atom stereocenters. The Morgan fingerprint density at radius 2 is 1.04 bits per heavy atom. The van der Waals surface area contributed by atoms with E-state index < -0.39 is 11.9 Å². The molecular weight excluding hydrogens is 304 g/mol. The van der Waals surface area contributed by atoms with Gasteiger partial charge in [-0.1, -0.05) is 64.2 Å². The van der Waals surface area contributed by atoms with Crippen LogP contribution in [0.25, 0.3) is 0 Å². The third-order valence-electron chi connectivity index (χ3n) is 5.35. The predicted octanol–water partition coefficient (Wildman–Crippen LogP) is 4.57. The van der Waals surface area contributed by atoms with Crippen LogP contribution in [0.15, 0.2) is 12.2 Å². The Kier molecular flexibility index (Phi) is 8.93. The number of ether oxygens (including phenoxy) is 2. The fourth-order valence-corrected chi connectivity index (χ4v) is 3.84. The lowest BCUT2D eigenvalue weighted by Crippen LogP contribution is -2.12. The second kappa shape index (κ2) is 11.3. The highest BCUT2D eigenvalue weighted by atomic mass is 16.5. The average molecular weight is 336 g/mol. The number of hydrogen-bond acceptors (Lipinski definition) is 4. The summed E-state index contributed by atoms with van der Waals surface area (Å²) in [4.78, 5) is 23.2. The molecule has 2 fully saturated rings. The molecule has 4 nitrogen and oxygen atoms in total. The van der Waals surface area contributed by atoms with Gasteiger partial charge in [-0.2, -0.15) is 0 Å². The fraction of sp³-hybridized carbons (Fsp3) is 0.800. The quantitative estimate of drug-likeness (QED) is 0.481. The van der Waals surface area contributed by atoms with Crippen LogP contribution in [-0.4, -0.2) is 25.2 Å². The summed E-state index contributed by atoms with van der Waals surface area (Å²) in [5.41, 5.74) is 0.